The minimum Gasteiger partial charge on any atom is -0.161 e. The van der Waals surface area contributed by atoms with E-state index in [1.54, 1.807) is 0 Å². The van der Waals surface area contributed by atoms with Gasteiger partial charge < -0.3 is 0 Å². The molecule has 0 bridgehead atoms. The molecule has 0 aliphatic carbocycles. The normalized spacial score (nSPS) is 11.8. The highest BCUT2D eigenvalue weighted by Crippen LogP contribution is 2.15. The molecule has 0 heterocycles. The maximum Gasteiger partial charge on any atom is 0.0418 e. The van der Waals surface area contributed by atoms with Crippen molar-refractivity contribution in [2.24, 2.45) is 10.2 Å². The van der Waals surface area contributed by atoms with E-state index in [2.05, 4.69) is 48.3 Å². The van der Waals surface area contributed by atoms with Gasteiger partial charge in [0.2, 0.25) is 0 Å². The summed E-state index contributed by atoms with van der Waals surface area (Å²) in [5, 5.41) is 8.25. The molecule has 1 rings (SSSR count). The maximum atomic E-state index is 4.18. The minimum atomic E-state index is 0.589. The van der Waals surface area contributed by atoms with Crippen LogP contribution in [-0.4, -0.2) is 11.4 Å². The topological polar surface area (TPSA) is 24.7 Å². The van der Waals surface area contributed by atoms with Crippen molar-refractivity contribution in [1.82, 2.24) is 0 Å². The summed E-state index contributed by atoms with van der Waals surface area (Å²) in [6, 6.07) is 8.75. The highest BCUT2D eigenvalue weighted by Gasteiger charge is 2.00. The Morgan fingerprint density at radius 2 is 1.59 bits per heavy atom. The van der Waals surface area contributed by atoms with Crippen LogP contribution in [0.25, 0.3) is 0 Å². The molecule has 2 nitrogen and oxygen atoms in total. The van der Waals surface area contributed by atoms with E-state index in [4.69, 9.17) is 0 Å². The van der Waals surface area contributed by atoms with Crippen molar-refractivity contribution in [3.8, 4) is 0 Å². The molecule has 1 aromatic rings. The first-order valence-electron chi connectivity index (χ1n) is 6.12. The molecule has 0 aliphatic rings. The van der Waals surface area contributed by atoms with E-state index in [-0.39, 0.29) is 0 Å². The molecule has 0 saturated heterocycles. The first-order valence-corrected chi connectivity index (χ1v) is 6.12. The Morgan fingerprint density at radius 3 is 2.06 bits per heavy atom. The third-order valence-corrected chi connectivity index (χ3v) is 2.53. The predicted octanol–water partition coefficient (Wildman–Crippen LogP) is 4.21. The quantitative estimate of drug-likeness (QED) is 0.547. The predicted molar refractivity (Wildman–Crippen MR) is 76.1 cm³/mol. The summed E-state index contributed by atoms with van der Waals surface area (Å²) in [6.45, 7) is 10.3. The Kier molecular flexibility index (Phi) is 5.08. The first-order chi connectivity index (χ1) is 7.99. The zero-order valence-electron chi connectivity index (χ0n) is 11.5. The molecule has 1 aromatic carbocycles. The Balaban J connectivity index is 2.69. The number of benzene rings is 1. The van der Waals surface area contributed by atoms with Gasteiger partial charge >= 0.3 is 0 Å². The Hall–Kier alpha value is -1.44. The van der Waals surface area contributed by atoms with Crippen LogP contribution in [0.15, 0.2) is 34.5 Å². The molecule has 0 radical (unpaired) electrons. The van der Waals surface area contributed by atoms with Crippen LogP contribution in [0.2, 0.25) is 0 Å². The minimum absolute atomic E-state index is 0.589. The fourth-order valence-corrected chi connectivity index (χ4v) is 1.54. The highest BCUT2D eigenvalue weighted by atomic mass is 15.2. The third-order valence-electron chi connectivity index (χ3n) is 2.53. The summed E-state index contributed by atoms with van der Waals surface area (Å²) >= 11 is 0. The van der Waals surface area contributed by atoms with Gasteiger partial charge in [0.25, 0.3) is 0 Å². The average Bonchev–Trinajstić information content (AvgIpc) is 2.27. The molecule has 0 spiro atoms. The molecule has 0 atom stereocenters. The third kappa shape index (κ3) is 4.94. The Bertz CT molecular complexity index is 407. The van der Waals surface area contributed by atoms with E-state index in [1.807, 2.05) is 20.8 Å². The van der Waals surface area contributed by atoms with Crippen molar-refractivity contribution in [2.75, 3.05) is 0 Å². The van der Waals surface area contributed by atoms with Crippen LogP contribution in [-0.2, 0) is 6.42 Å². The van der Waals surface area contributed by atoms with Crippen LogP contribution < -0.4 is 0 Å². The zero-order chi connectivity index (χ0) is 12.8. The molecule has 0 aliphatic heterocycles. The lowest BCUT2D eigenvalue weighted by molar-refractivity contribution is 0.865. The molecule has 0 aromatic heterocycles. The van der Waals surface area contributed by atoms with Crippen molar-refractivity contribution in [3.05, 3.63) is 35.4 Å². The number of hydrogen-bond acceptors (Lipinski definition) is 2. The van der Waals surface area contributed by atoms with Crippen LogP contribution in [0.5, 0.6) is 0 Å². The second kappa shape index (κ2) is 6.33. The van der Waals surface area contributed by atoms with Crippen LogP contribution in [0.4, 0.5) is 0 Å². The number of nitrogens with zero attached hydrogens (tertiary/aromatic N) is 2. The summed E-state index contributed by atoms with van der Waals surface area (Å²) in [6.07, 6.45) is 0.870. The smallest absolute Gasteiger partial charge is 0.0418 e. The number of hydrogen-bond donors (Lipinski definition) is 0. The number of rotatable bonds is 4. The summed E-state index contributed by atoms with van der Waals surface area (Å²) in [4.78, 5) is 0. The molecule has 0 unspecified atom stereocenters. The SMILES string of the molecule is CC(C)=N/N=C(\C)Cc1ccc(C(C)C)cc1. The molecule has 2 heteroatoms. The lowest BCUT2D eigenvalue weighted by Gasteiger charge is -2.06. The molecule has 0 saturated carbocycles. The van der Waals surface area contributed by atoms with Crippen LogP contribution >= 0.6 is 0 Å². The summed E-state index contributed by atoms with van der Waals surface area (Å²) in [5.41, 5.74) is 4.70. The fraction of sp³-hybridized carbons (Fsp3) is 0.467. The van der Waals surface area contributed by atoms with E-state index >= 15 is 0 Å². The molecule has 0 fully saturated rings. The second-order valence-corrected chi connectivity index (χ2v) is 4.96. The van der Waals surface area contributed by atoms with Crippen molar-refractivity contribution >= 4 is 11.4 Å². The van der Waals surface area contributed by atoms with Crippen LogP contribution in [0.1, 0.15) is 51.7 Å². The van der Waals surface area contributed by atoms with Gasteiger partial charge in [-0.1, -0.05) is 38.1 Å². The van der Waals surface area contributed by atoms with Gasteiger partial charge in [0, 0.05) is 17.8 Å². The second-order valence-electron chi connectivity index (χ2n) is 4.96. The molecule has 17 heavy (non-hydrogen) atoms. The monoisotopic (exact) mass is 230 g/mol. The Labute approximate surface area is 104 Å². The van der Waals surface area contributed by atoms with Gasteiger partial charge in [-0.3, -0.25) is 0 Å². The summed E-state index contributed by atoms with van der Waals surface area (Å²) in [5.74, 6) is 0.589. The van der Waals surface area contributed by atoms with Crippen molar-refractivity contribution in [3.63, 3.8) is 0 Å². The fourth-order valence-electron chi connectivity index (χ4n) is 1.54. The van der Waals surface area contributed by atoms with Gasteiger partial charge in [0.1, 0.15) is 0 Å². The van der Waals surface area contributed by atoms with Gasteiger partial charge in [-0.2, -0.15) is 10.2 Å². The van der Waals surface area contributed by atoms with Crippen LogP contribution in [0, 0.1) is 0 Å². The van der Waals surface area contributed by atoms with E-state index in [0.29, 0.717) is 5.92 Å². The van der Waals surface area contributed by atoms with Gasteiger partial charge in [-0.15, -0.1) is 0 Å². The zero-order valence-corrected chi connectivity index (χ0v) is 11.5. The molecular formula is C15H22N2. The van der Waals surface area contributed by atoms with Crippen molar-refractivity contribution in [2.45, 2.75) is 47.0 Å². The summed E-state index contributed by atoms with van der Waals surface area (Å²) < 4.78 is 0. The Morgan fingerprint density at radius 1 is 1.00 bits per heavy atom. The molecule has 0 amide bonds. The van der Waals surface area contributed by atoms with Crippen molar-refractivity contribution < 1.29 is 0 Å². The molecular weight excluding hydrogens is 208 g/mol. The van der Waals surface area contributed by atoms with Gasteiger partial charge in [-0.25, -0.2) is 0 Å². The van der Waals surface area contributed by atoms with E-state index in [1.165, 1.54) is 11.1 Å². The highest BCUT2D eigenvalue weighted by molar-refractivity contribution is 5.85. The van der Waals surface area contributed by atoms with Gasteiger partial charge in [0.05, 0.1) is 0 Å². The maximum absolute atomic E-state index is 4.18. The lowest BCUT2D eigenvalue weighted by Crippen LogP contribution is -1.98. The first kappa shape index (κ1) is 13.6. The van der Waals surface area contributed by atoms with Gasteiger partial charge in [0.15, 0.2) is 0 Å². The standard InChI is InChI=1S/C15H22N2/c1-11(2)15-8-6-14(7-9-15)10-13(5)17-16-12(3)4/h6-9,11H,10H2,1-5H3/b17-13+. The largest absolute Gasteiger partial charge is 0.161 e. The summed E-state index contributed by atoms with van der Waals surface area (Å²) in [7, 11) is 0. The van der Waals surface area contributed by atoms with Gasteiger partial charge in [-0.05, 0) is 37.8 Å². The molecule has 0 N–H and O–H groups in total. The average molecular weight is 230 g/mol. The van der Waals surface area contributed by atoms with E-state index in [9.17, 15) is 0 Å². The van der Waals surface area contributed by atoms with E-state index in [0.717, 1.165) is 17.8 Å². The lowest BCUT2D eigenvalue weighted by atomic mass is 10.0. The van der Waals surface area contributed by atoms with Crippen LogP contribution in [0.3, 0.4) is 0 Å². The molecule has 92 valence electrons. The van der Waals surface area contributed by atoms with Crippen molar-refractivity contribution in [1.29, 1.82) is 0 Å². The van der Waals surface area contributed by atoms with E-state index < -0.39 is 0 Å².